The van der Waals surface area contributed by atoms with Gasteiger partial charge in [-0.3, -0.25) is 0 Å². The van der Waals surface area contributed by atoms with E-state index < -0.39 is 0 Å². The van der Waals surface area contributed by atoms with Gasteiger partial charge in [0.15, 0.2) is 0 Å². The third-order valence-corrected chi connectivity index (χ3v) is 2.97. The van der Waals surface area contributed by atoms with Gasteiger partial charge in [0.2, 0.25) is 0 Å². The van der Waals surface area contributed by atoms with E-state index in [-0.39, 0.29) is 6.09 Å². The Hall–Kier alpha value is -0.770. The maximum Gasteiger partial charge on any atom is 0.407 e. The van der Waals surface area contributed by atoms with E-state index in [4.69, 9.17) is 4.74 Å². The molecule has 0 saturated carbocycles. The van der Waals surface area contributed by atoms with E-state index in [1.165, 1.54) is 19.4 Å². The maximum absolute atomic E-state index is 11.3. The second-order valence-electron chi connectivity index (χ2n) is 4.65. The SMILES string of the molecule is CCCCNC(=O)OCC1CCCN(C)C1. The van der Waals surface area contributed by atoms with Gasteiger partial charge in [0.1, 0.15) is 0 Å². The minimum Gasteiger partial charge on any atom is -0.449 e. The minimum absolute atomic E-state index is 0.262. The summed E-state index contributed by atoms with van der Waals surface area (Å²) in [5.74, 6) is 0.510. The van der Waals surface area contributed by atoms with Crippen LogP contribution in [0.2, 0.25) is 0 Å². The van der Waals surface area contributed by atoms with Crippen molar-refractivity contribution in [1.82, 2.24) is 10.2 Å². The number of unbranched alkanes of at least 4 members (excludes halogenated alkanes) is 1. The number of carbonyl (C=O) groups is 1. The summed E-state index contributed by atoms with van der Waals surface area (Å²) in [5.41, 5.74) is 0. The number of likely N-dealkylation sites (tertiary alicyclic amines) is 1. The number of nitrogens with zero attached hydrogens (tertiary/aromatic N) is 1. The van der Waals surface area contributed by atoms with Crippen molar-refractivity contribution >= 4 is 6.09 Å². The average Bonchev–Trinajstić information content (AvgIpc) is 2.27. The Morgan fingerprint density at radius 1 is 1.56 bits per heavy atom. The second-order valence-corrected chi connectivity index (χ2v) is 4.65. The molecule has 16 heavy (non-hydrogen) atoms. The van der Waals surface area contributed by atoms with E-state index in [1.54, 1.807) is 0 Å². The van der Waals surface area contributed by atoms with Crippen molar-refractivity contribution in [1.29, 1.82) is 0 Å². The highest BCUT2D eigenvalue weighted by atomic mass is 16.5. The Morgan fingerprint density at radius 3 is 3.06 bits per heavy atom. The topological polar surface area (TPSA) is 41.6 Å². The number of hydrogen-bond donors (Lipinski definition) is 1. The maximum atomic E-state index is 11.3. The van der Waals surface area contributed by atoms with Gasteiger partial charge < -0.3 is 15.0 Å². The van der Waals surface area contributed by atoms with Gasteiger partial charge in [-0.05, 0) is 32.9 Å². The summed E-state index contributed by atoms with van der Waals surface area (Å²) in [4.78, 5) is 13.6. The molecule has 0 spiro atoms. The molecule has 1 aliphatic heterocycles. The lowest BCUT2D eigenvalue weighted by atomic mass is 10.00. The molecule has 4 heteroatoms. The molecule has 4 nitrogen and oxygen atoms in total. The number of hydrogen-bond acceptors (Lipinski definition) is 3. The molecular formula is C12H24N2O2. The third kappa shape index (κ3) is 5.35. The van der Waals surface area contributed by atoms with Crippen LogP contribution in [0, 0.1) is 5.92 Å². The van der Waals surface area contributed by atoms with Crippen molar-refractivity contribution in [3.05, 3.63) is 0 Å². The molecule has 1 amide bonds. The van der Waals surface area contributed by atoms with Crippen LogP contribution >= 0.6 is 0 Å². The number of rotatable bonds is 5. The van der Waals surface area contributed by atoms with Gasteiger partial charge in [-0.2, -0.15) is 0 Å². The molecule has 1 N–H and O–H groups in total. The fourth-order valence-corrected chi connectivity index (χ4v) is 2.02. The van der Waals surface area contributed by atoms with Crippen LogP contribution in [-0.4, -0.2) is 44.3 Å². The molecule has 1 rings (SSSR count). The van der Waals surface area contributed by atoms with Gasteiger partial charge in [0.05, 0.1) is 6.61 Å². The zero-order valence-electron chi connectivity index (χ0n) is 10.5. The monoisotopic (exact) mass is 228 g/mol. The number of amides is 1. The van der Waals surface area contributed by atoms with Gasteiger partial charge in [-0.1, -0.05) is 13.3 Å². The first-order chi connectivity index (χ1) is 7.72. The zero-order valence-corrected chi connectivity index (χ0v) is 10.5. The lowest BCUT2D eigenvalue weighted by molar-refractivity contribution is 0.0979. The Morgan fingerprint density at radius 2 is 2.38 bits per heavy atom. The van der Waals surface area contributed by atoms with Crippen LogP contribution in [0.25, 0.3) is 0 Å². The van der Waals surface area contributed by atoms with Crippen molar-refractivity contribution < 1.29 is 9.53 Å². The Kier molecular flexibility index (Phi) is 6.23. The van der Waals surface area contributed by atoms with Crippen LogP contribution in [0.1, 0.15) is 32.6 Å². The summed E-state index contributed by atoms with van der Waals surface area (Å²) in [6, 6.07) is 0. The van der Waals surface area contributed by atoms with Crippen LogP contribution in [0.15, 0.2) is 0 Å². The number of nitrogens with one attached hydrogen (secondary N) is 1. The highest BCUT2D eigenvalue weighted by molar-refractivity contribution is 5.66. The van der Waals surface area contributed by atoms with E-state index >= 15 is 0 Å². The molecule has 0 bridgehead atoms. The van der Waals surface area contributed by atoms with Crippen LogP contribution in [0.5, 0.6) is 0 Å². The Bertz CT molecular complexity index is 209. The normalized spacial score (nSPS) is 21.8. The van der Waals surface area contributed by atoms with E-state index in [0.717, 1.165) is 25.9 Å². The van der Waals surface area contributed by atoms with Crippen LogP contribution in [0.3, 0.4) is 0 Å². The first-order valence-corrected chi connectivity index (χ1v) is 6.31. The van der Waals surface area contributed by atoms with Gasteiger partial charge in [-0.15, -0.1) is 0 Å². The summed E-state index contributed by atoms with van der Waals surface area (Å²) >= 11 is 0. The lowest BCUT2D eigenvalue weighted by Gasteiger charge is -2.29. The highest BCUT2D eigenvalue weighted by Gasteiger charge is 2.18. The molecule has 1 heterocycles. The molecule has 0 aromatic heterocycles. The van der Waals surface area contributed by atoms with Crippen molar-refractivity contribution in [3.63, 3.8) is 0 Å². The molecule has 1 saturated heterocycles. The summed E-state index contributed by atoms with van der Waals surface area (Å²) in [6.45, 7) is 5.59. The first-order valence-electron chi connectivity index (χ1n) is 6.31. The third-order valence-electron chi connectivity index (χ3n) is 2.97. The van der Waals surface area contributed by atoms with Gasteiger partial charge in [0, 0.05) is 19.0 Å². The van der Waals surface area contributed by atoms with E-state index in [2.05, 4.69) is 24.2 Å². The summed E-state index contributed by atoms with van der Waals surface area (Å²) in [5, 5.41) is 2.76. The first kappa shape index (κ1) is 13.3. The second kappa shape index (κ2) is 7.49. The average molecular weight is 228 g/mol. The predicted octanol–water partition coefficient (Wildman–Crippen LogP) is 1.85. The molecule has 0 aromatic carbocycles. The fraction of sp³-hybridized carbons (Fsp3) is 0.917. The van der Waals surface area contributed by atoms with Gasteiger partial charge in [0.25, 0.3) is 0 Å². The van der Waals surface area contributed by atoms with Crippen molar-refractivity contribution in [3.8, 4) is 0 Å². The molecule has 1 aliphatic rings. The van der Waals surface area contributed by atoms with E-state index in [9.17, 15) is 4.79 Å². The van der Waals surface area contributed by atoms with E-state index in [0.29, 0.717) is 12.5 Å². The number of ether oxygens (including phenoxy) is 1. The highest BCUT2D eigenvalue weighted by Crippen LogP contribution is 2.14. The summed E-state index contributed by atoms with van der Waals surface area (Å²) < 4.78 is 5.20. The van der Waals surface area contributed by atoms with E-state index in [1.807, 2.05) is 0 Å². The van der Waals surface area contributed by atoms with Crippen molar-refractivity contribution in [2.45, 2.75) is 32.6 Å². The standard InChI is InChI=1S/C12H24N2O2/c1-3-4-7-13-12(15)16-10-11-6-5-8-14(2)9-11/h11H,3-10H2,1-2H3,(H,13,15). The molecule has 1 unspecified atom stereocenters. The lowest BCUT2D eigenvalue weighted by Crippen LogP contribution is -2.36. The minimum atomic E-state index is -0.262. The van der Waals surface area contributed by atoms with Crippen LogP contribution < -0.4 is 5.32 Å². The van der Waals surface area contributed by atoms with Crippen LogP contribution in [0.4, 0.5) is 4.79 Å². The molecular weight excluding hydrogens is 204 g/mol. The number of alkyl carbamates (subject to hydrolysis) is 1. The predicted molar refractivity (Wildman–Crippen MR) is 64.5 cm³/mol. The Labute approximate surface area is 98.3 Å². The molecule has 94 valence electrons. The fourth-order valence-electron chi connectivity index (χ4n) is 2.02. The number of piperidine rings is 1. The molecule has 0 aromatic rings. The van der Waals surface area contributed by atoms with Crippen molar-refractivity contribution in [2.24, 2.45) is 5.92 Å². The number of carbonyl (C=O) groups excluding carboxylic acids is 1. The van der Waals surface area contributed by atoms with Crippen molar-refractivity contribution in [2.75, 3.05) is 33.3 Å². The quantitative estimate of drug-likeness (QED) is 0.730. The summed E-state index contributed by atoms with van der Waals surface area (Å²) in [6.07, 6.45) is 4.23. The smallest absolute Gasteiger partial charge is 0.407 e. The van der Waals surface area contributed by atoms with Crippen LogP contribution in [-0.2, 0) is 4.74 Å². The molecule has 1 fully saturated rings. The largest absolute Gasteiger partial charge is 0.449 e. The zero-order chi connectivity index (χ0) is 11.8. The van der Waals surface area contributed by atoms with Gasteiger partial charge in [-0.25, -0.2) is 4.79 Å². The van der Waals surface area contributed by atoms with Gasteiger partial charge >= 0.3 is 6.09 Å². The molecule has 0 radical (unpaired) electrons. The summed E-state index contributed by atoms with van der Waals surface area (Å²) in [7, 11) is 2.12. The molecule has 1 atom stereocenters. The Balaban J connectivity index is 2.06. The molecule has 0 aliphatic carbocycles.